The molecule has 45 heavy (non-hydrogen) atoms. The third kappa shape index (κ3) is 10.3. The lowest BCUT2D eigenvalue weighted by Crippen LogP contribution is -2.55. The summed E-state index contributed by atoms with van der Waals surface area (Å²) in [4.78, 5) is 17.7. The molecule has 3 heterocycles. The highest BCUT2D eigenvalue weighted by Crippen LogP contribution is 2.37. The summed E-state index contributed by atoms with van der Waals surface area (Å²) in [5.41, 5.74) is 0.625. The van der Waals surface area contributed by atoms with Gasteiger partial charge in [0.1, 0.15) is 11.6 Å². The number of nitrogens with one attached hydrogen (secondary N) is 1. The van der Waals surface area contributed by atoms with Gasteiger partial charge in [0.05, 0.1) is 12.5 Å². The lowest BCUT2D eigenvalue weighted by molar-refractivity contribution is 0.126. The first kappa shape index (κ1) is 36.0. The molecular weight excluding hydrogens is 625 g/mol. The van der Waals surface area contributed by atoms with Crippen LogP contribution in [0.2, 0.25) is 0 Å². The number of sulfonamides is 2. The van der Waals surface area contributed by atoms with Crippen LogP contribution in [0.5, 0.6) is 0 Å². The summed E-state index contributed by atoms with van der Waals surface area (Å²) < 4.78 is 79.4. The highest BCUT2D eigenvalue weighted by atomic mass is 32.2. The molecule has 10 nitrogen and oxygen atoms in total. The standard InChI is InChI=1S/C31H51F2N5O5S2/c1-23(2)22-38(29-9-17-37(18-10-29)45(4,42)43)31(39)34-28-7-12-35(13-8-28)14-11-30(25-19-26(32)21-27(33)20-25)24-5-15-36(16-6-24)44(3,40)41/h19-21,23-24,28-30H,5-18,22H2,1-4H3,(H,34,39)/t30-/m1/s1. The molecule has 1 N–H and O–H groups in total. The predicted octanol–water partition coefficient (Wildman–Crippen LogP) is 3.67. The van der Waals surface area contributed by atoms with Crippen LogP contribution in [0.25, 0.3) is 0 Å². The van der Waals surface area contributed by atoms with Gasteiger partial charge in [-0.25, -0.2) is 39.0 Å². The minimum Gasteiger partial charge on any atom is -0.335 e. The summed E-state index contributed by atoms with van der Waals surface area (Å²) in [6, 6.07) is 3.65. The number of piperidine rings is 3. The first-order chi connectivity index (χ1) is 21.1. The SMILES string of the molecule is CC(C)CN(C(=O)NC1CCN(CC[C@@H](c2cc(F)cc(F)c2)C2CCN(S(C)(=O)=O)CC2)CC1)C1CCN(S(C)(=O)=O)CC1. The number of carbonyl (C=O) groups excluding carboxylic acids is 1. The quantitative estimate of drug-likeness (QED) is 0.384. The molecule has 0 spiro atoms. The van der Waals surface area contributed by atoms with E-state index >= 15 is 0 Å². The summed E-state index contributed by atoms with van der Waals surface area (Å²) in [7, 11) is -6.51. The molecule has 2 amide bonds. The van der Waals surface area contributed by atoms with Crippen LogP contribution in [0.4, 0.5) is 13.6 Å². The zero-order chi connectivity index (χ0) is 32.9. The Morgan fingerprint density at radius 3 is 1.84 bits per heavy atom. The number of urea groups is 1. The first-order valence-corrected chi connectivity index (χ1v) is 20.0. The maximum absolute atomic E-state index is 14.2. The smallest absolute Gasteiger partial charge is 0.317 e. The Hall–Kier alpha value is -1.87. The fraction of sp³-hybridized carbons (Fsp3) is 0.774. The van der Waals surface area contributed by atoms with Gasteiger partial charge in [-0.3, -0.25) is 0 Å². The molecule has 1 atom stereocenters. The summed E-state index contributed by atoms with van der Waals surface area (Å²) in [5, 5.41) is 3.25. The maximum atomic E-state index is 14.2. The summed E-state index contributed by atoms with van der Waals surface area (Å²) >= 11 is 0. The van der Waals surface area contributed by atoms with Gasteiger partial charge in [-0.05, 0) is 86.9 Å². The zero-order valence-corrected chi connectivity index (χ0v) is 28.8. The number of likely N-dealkylation sites (tertiary alicyclic amines) is 1. The van der Waals surface area contributed by atoms with Crippen LogP contribution in [0.3, 0.4) is 0 Å². The van der Waals surface area contributed by atoms with Crippen LogP contribution in [0.1, 0.15) is 70.3 Å². The molecule has 256 valence electrons. The van der Waals surface area contributed by atoms with E-state index in [2.05, 4.69) is 24.1 Å². The van der Waals surface area contributed by atoms with Crippen LogP contribution in [-0.4, -0.2) is 118 Å². The van der Waals surface area contributed by atoms with E-state index < -0.39 is 31.7 Å². The molecule has 4 rings (SSSR count). The monoisotopic (exact) mass is 675 g/mol. The number of nitrogens with zero attached hydrogens (tertiary/aromatic N) is 4. The van der Waals surface area contributed by atoms with Gasteiger partial charge < -0.3 is 15.1 Å². The highest BCUT2D eigenvalue weighted by Gasteiger charge is 2.34. The van der Waals surface area contributed by atoms with E-state index in [0.717, 1.165) is 38.5 Å². The van der Waals surface area contributed by atoms with E-state index in [1.165, 1.54) is 33.3 Å². The van der Waals surface area contributed by atoms with Crippen molar-refractivity contribution >= 4 is 26.1 Å². The minimum absolute atomic E-state index is 0.000571. The molecule has 0 unspecified atom stereocenters. The fourth-order valence-corrected chi connectivity index (χ4v) is 8.98. The fourth-order valence-electron chi connectivity index (χ4n) is 7.23. The molecule has 1 aromatic carbocycles. The number of hydrogen-bond acceptors (Lipinski definition) is 6. The summed E-state index contributed by atoms with van der Waals surface area (Å²) in [6.07, 6.45) is 7.26. The van der Waals surface area contributed by atoms with Crippen LogP contribution in [-0.2, 0) is 20.0 Å². The van der Waals surface area contributed by atoms with Crippen molar-refractivity contribution < 1.29 is 30.4 Å². The molecule has 1 aromatic rings. The predicted molar refractivity (Wildman–Crippen MR) is 172 cm³/mol. The Bertz CT molecular complexity index is 1340. The van der Waals surface area contributed by atoms with Crippen molar-refractivity contribution in [3.8, 4) is 0 Å². The molecule has 3 fully saturated rings. The molecule has 3 aliphatic rings. The number of amides is 2. The van der Waals surface area contributed by atoms with Gasteiger partial charge in [0.25, 0.3) is 0 Å². The molecule has 14 heteroatoms. The van der Waals surface area contributed by atoms with Gasteiger partial charge in [0.15, 0.2) is 0 Å². The number of benzene rings is 1. The third-order valence-electron chi connectivity index (χ3n) is 9.68. The Kier molecular flexibility index (Phi) is 12.3. The van der Waals surface area contributed by atoms with E-state index in [1.54, 1.807) is 0 Å². The van der Waals surface area contributed by atoms with Gasteiger partial charge in [-0.2, -0.15) is 0 Å². The average Bonchev–Trinajstić information content (AvgIpc) is 2.96. The maximum Gasteiger partial charge on any atom is 0.317 e. The molecule has 3 aliphatic heterocycles. The van der Waals surface area contributed by atoms with E-state index in [-0.39, 0.29) is 35.9 Å². The second-order valence-electron chi connectivity index (χ2n) is 13.6. The van der Waals surface area contributed by atoms with E-state index in [4.69, 9.17) is 0 Å². The molecule has 0 saturated carbocycles. The second-order valence-corrected chi connectivity index (χ2v) is 17.6. The summed E-state index contributed by atoms with van der Waals surface area (Å²) in [6.45, 7) is 8.75. The molecule has 0 aromatic heterocycles. The third-order valence-corrected chi connectivity index (χ3v) is 12.3. The Balaban J connectivity index is 1.31. The van der Waals surface area contributed by atoms with E-state index in [1.807, 2.05) is 4.90 Å². The topological polar surface area (TPSA) is 110 Å². The van der Waals surface area contributed by atoms with Crippen molar-refractivity contribution in [2.45, 2.75) is 76.8 Å². The zero-order valence-electron chi connectivity index (χ0n) is 27.1. The van der Waals surface area contributed by atoms with Crippen molar-refractivity contribution in [3.63, 3.8) is 0 Å². The average molecular weight is 676 g/mol. The Morgan fingerprint density at radius 2 is 1.36 bits per heavy atom. The number of hydrogen-bond donors (Lipinski definition) is 1. The van der Waals surface area contributed by atoms with Gasteiger partial charge in [0.2, 0.25) is 20.0 Å². The minimum atomic E-state index is -3.27. The van der Waals surface area contributed by atoms with Crippen LogP contribution in [0, 0.1) is 23.5 Å². The van der Waals surface area contributed by atoms with Gasteiger partial charge in [0, 0.05) is 64.0 Å². The lowest BCUT2D eigenvalue weighted by atomic mass is 9.78. The first-order valence-electron chi connectivity index (χ1n) is 16.3. The summed E-state index contributed by atoms with van der Waals surface area (Å²) in [5.74, 6) is -0.894. The van der Waals surface area contributed by atoms with Crippen molar-refractivity contribution in [2.75, 3.05) is 64.9 Å². The molecular formula is C31H51F2N5O5S2. The van der Waals surface area contributed by atoms with Gasteiger partial charge >= 0.3 is 6.03 Å². The van der Waals surface area contributed by atoms with E-state index in [9.17, 15) is 30.4 Å². The normalized spacial score (nSPS) is 21.7. The molecule has 0 bridgehead atoms. The van der Waals surface area contributed by atoms with Crippen molar-refractivity contribution in [2.24, 2.45) is 11.8 Å². The largest absolute Gasteiger partial charge is 0.335 e. The van der Waals surface area contributed by atoms with Crippen molar-refractivity contribution in [1.82, 2.24) is 23.7 Å². The lowest BCUT2D eigenvalue weighted by Gasteiger charge is -2.40. The van der Waals surface area contributed by atoms with Gasteiger partial charge in [-0.15, -0.1) is 0 Å². The van der Waals surface area contributed by atoms with Gasteiger partial charge in [-0.1, -0.05) is 13.8 Å². The number of carbonyl (C=O) groups is 1. The number of rotatable bonds is 11. The van der Waals surface area contributed by atoms with Crippen LogP contribution < -0.4 is 5.32 Å². The molecule has 0 radical (unpaired) electrons. The van der Waals surface area contributed by atoms with Crippen LogP contribution in [0.15, 0.2) is 18.2 Å². The Labute approximate surface area is 268 Å². The Morgan fingerprint density at radius 1 is 0.844 bits per heavy atom. The highest BCUT2D eigenvalue weighted by molar-refractivity contribution is 7.88. The van der Waals surface area contributed by atoms with E-state index in [0.29, 0.717) is 70.4 Å². The molecule has 0 aliphatic carbocycles. The van der Waals surface area contributed by atoms with Crippen molar-refractivity contribution in [3.05, 3.63) is 35.4 Å². The van der Waals surface area contributed by atoms with Crippen molar-refractivity contribution in [1.29, 1.82) is 0 Å². The molecule has 3 saturated heterocycles. The second kappa shape index (κ2) is 15.4. The number of halogens is 2. The van der Waals surface area contributed by atoms with Crippen LogP contribution >= 0.6 is 0 Å².